The first-order valence-corrected chi connectivity index (χ1v) is 13.7. The van der Waals surface area contributed by atoms with E-state index in [4.69, 9.17) is 4.74 Å². The molecule has 2 aromatic carbocycles. The number of hydrogen-bond donors (Lipinski definition) is 2. The maximum Gasteiger partial charge on any atom is 0.270 e. The highest BCUT2D eigenvalue weighted by molar-refractivity contribution is 5.97. The summed E-state index contributed by atoms with van der Waals surface area (Å²) in [7, 11) is 0. The van der Waals surface area contributed by atoms with E-state index in [2.05, 4.69) is 41.0 Å². The number of hydrogen-bond acceptors (Lipinski definition) is 9. The second kappa shape index (κ2) is 13.4. The van der Waals surface area contributed by atoms with Crippen LogP contribution >= 0.6 is 0 Å². The van der Waals surface area contributed by atoms with Crippen LogP contribution in [0, 0.1) is 12.7 Å². The summed E-state index contributed by atoms with van der Waals surface area (Å²) in [6.07, 6.45) is 1.18. The van der Waals surface area contributed by atoms with Crippen molar-refractivity contribution in [3.63, 3.8) is 0 Å². The second-order valence-electron chi connectivity index (χ2n) is 10.1. The minimum absolute atomic E-state index is 0.0531. The van der Waals surface area contributed by atoms with Crippen LogP contribution in [0.15, 0.2) is 54.9 Å². The zero-order valence-corrected chi connectivity index (χ0v) is 23.5. The first-order valence-electron chi connectivity index (χ1n) is 13.7. The molecule has 1 saturated heterocycles. The highest BCUT2D eigenvalue weighted by Crippen LogP contribution is 2.20. The summed E-state index contributed by atoms with van der Waals surface area (Å²) < 4.78 is 20.7. The molecule has 13 heteroatoms. The molecule has 5 rings (SSSR count). The lowest BCUT2D eigenvalue weighted by molar-refractivity contribution is 0.0359. The molecule has 3 heterocycles. The van der Waals surface area contributed by atoms with E-state index >= 15 is 0 Å². The van der Waals surface area contributed by atoms with Gasteiger partial charge in [0.05, 0.1) is 25.8 Å². The predicted octanol–water partition coefficient (Wildman–Crippen LogP) is 2.33. The molecule has 1 fully saturated rings. The van der Waals surface area contributed by atoms with Crippen LogP contribution in [0.1, 0.15) is 50.6 Å². The van der Waals surface area contributed by atoms with Crippen LogP contribution in [0.3, 0.4) is 0 Å². The van der Waals surface area contributed by atoms with Crippen LogP contribution in [-0.4, -0.2) is 79.7 Å². The first-order chi connectivity index (χ1) is 20.4. The summed E-state index contributed by atoms with van der Waals surface area (Å²) in [4.78, 5) is 35.9. The Morgan fingerprint density at radius 1 is 1.00 bits per heavy atom. The molecule has 2 N–H and O–H groups in total. The molecule has 0 unspecified atom stereocenters. The van der Waals surface area contributed by atoms with Crippen molar-refractivity contribution in [3.8, 4) is 11.4 Å². The molecule has 42 heavy (non-hydrogen) atoms. The van der Waals surface area contributed by atoms with Crippen molar-refractivity contribution in [3.05, 3.63) is 88.8 Å². The number of carbonyl (C=O) groups is 2. The Morgan fingerprint density at radius 3 is 2.48 bits per heavy atom. The molecule has 218 valence electrons. The Labute approximate surface area is 242 Å². The fourth-order valence-corrected chi connectivity index (χ4v) is 4.59. The monoisotopic (exact) mass is 573 g/mol. The summed E-state index contributed by atoms with van der Waals surface area (Å²) in [6, 6.07) is 13.3. The van der Waals surface area contributed by atoms with Crippen LogP contribution in [0.25, 0.3) is 11.4 Å². The summed E-state index contributed by atoms with van der Waals surface area (Å²) in [5, 5.41) is 17.8. The number of morpholine rings is 1. The second-order valence-corrected chi connectivity index (χ2v) is 10.1. The Hall–Kier alpha value is -4.62. The summed E-state index contributed by atoms with van der Waals surface area (Å²) in [5.74, 6) is -0.542. The number of aromatic nitrogens is 6. The minimum Gasteiger partial charge on any atom is -0.379 e. The molecular formula is C29H32FN9O3. The number of ether oxygens (including phenoxy) is 1. The van der Waals surface area contributed by atoms with E-state index in [1.807, 2.05) is 31.2 Å². The zero-order chi connectivity index (χ0) is 29.5. The molecule has 1 aliphatic heterocycles. The Morgan fingerprint density at radius 2 is 1.74 bits per heavy atom. The van der Waals surface area contributed by atoms with Gasteiger partial charge in [-0.25, -0.2) is 19.0 Å². The molecule has 1 atom stereocenters. The van der Waals surface area contributed by atoms with E-state index in [-0.39, 0.29) is 29.8 Å². The topological polar surface area (TPSA) is 140 Å². The van der Waals surface area contributed by atoms with Gasteiger partial charge in [0.25, 0.3) is 11.8 Å². The van der Waals surface area contributed by atoms with E-state index in [0.717, 1.165) is 49.5 Å². The van der Waals surface area contributed by atoms with Gasteiger partial charge in [0.1, 0.15) is 23.5 Å². The molecule has 12 nitrogen and oxygen atoms in total. The van der Waals surface area contributed by atoms with Crippen molar-refractivity contribution >= 4 is 11.8 Å². The summed E-state index contributed by atoms with van der Waals surface area (Å²) in [6.45, 7) is 8.50. The lowest BCUT2D eigenvalue weighted by atomic mass is 10.1. The highest BCUT2D eigenvalue weighted by atomic mass is 19.1. The zero-order valence-electron chi connectivity index (χ0n) is 23.5. The van der Waals surface area contributed by atoms with Gasteiger partial charge in [-0.2, -0.15) is 0 Å². The average molecular weight is 574 g/mol. The molecule has 2 aromatic heterocycles. The standard InChI is InChI=1S/C29H32FN9O3/c1-19-15-21(3-8-24(19)30)17-31-28(40)25-16-26(33-18-32-25)29(41)34-20(2)22-4-6-23(7-5-22)27-35-36-37-39(27)10-9-38-11-13-42-14-12-38/h3-8,15-16,18,20H,9-14,17H2,1-2H3,(H,31,40)(H,34,41)/t20-/m0/s1. The van der Waals surface area contributed by atoms with Crippen molar-refractivity contribution in [1.82, 2.24) is 45.7 Å². The van der Waals surface area contributed by atoms with E-state index in [1.165, 1.54) is 18.5 Å². The fraction of sp³-hybridized carbons (Fsp3) is 0.345. The fourth-order valence-electron chi connectivity index (χ4n) is 4.59. The van der Waals surface area contributed by atoms with Crippen LogP contribution in [0.5, 0.6) is 0 Å². The van der Waals surface area contributed by atoms with E-state index in [1.54, 1.807) is 23.7 Å². The molecule has 4 aromatic rings. The average Bonchev–Trinajstić information content (AvgIpc) is 3.50. The third-order valence-corrected chi connectivity index (χ3v) is 7.09. The number of carbonyl (C=O) groups excluding carboxylic acids is 2. The molecule has 0 saturated carbocycles. The quantitative estimate of drug-likeness (QED) is 0.293. The van der Waals surface area contributed by atoms with Gasteiger partial charge >= 0.3 is 0 Å². The molecule has 0 bridgehead atoms. The van der Waals surface area contributed by atoms with Crippen molar-refractivity contribution in [2.45, 2.75) is 33.0 Å². The third-order valence-electron chi connectivity index (χ3n) is 7.09. The van der Waals surface area contributed by atoms with Crippen molar-refractivity contribution in [2.24, 2.45) is 0 Å². The van der Waals surface area contributed by atoms with Gasteiger partial charge in [0, 0.05) is 37.8 Å². The van der Waals surface area contributed by atoms with Gasteiger partial charge in [-0.05, 0) is 47.0 Å². The molecule has 0 spiro atoms. The lowest BCUT2D eigenvalue weighted by Crippen LogP contribution is -2.38. The Kier molecular flexibility index (Phi) is 9.19. The van der Waals surface area contributed by atoms with Crippen LogP contribution in [0.4, 0.5) is 4.39 Å². The van der Waals surface area contributed by atoms with Gasteiger partial charge in [0.15, 0.2) is 5.82 Å². The number of tetrazole rings is 1. The molecular weight excluding hydrogens is 541 g/mol. The van der Waals surface area contributed by atoms with Gasteiger partial charge in [-0.1, -0.05) is 36.4 Å². The smallest absolute Gasteiger partial charge is 0.270 e. The Bertz CT molecular complexity index is 1540. The summed E-state index contributed by atoms with van der Waals surface area (Å²) >= 11 is 0. The first kappa shape index (κ1) is 28.9. The number of amides is 2. The van der Waals surface area contributed by atoms with E-state index in [0.29, 0.717) is 17.9 Å². The molecule has 2 amide bonds. The molecule has 1 aliphatic rings. The third kappa shape index (κ3) is 7.17. The van der Waals surface area contributed by atoms with Crippen LogP contribution in [0.2, 0.25) is 0 Å². The van der Waals surface area contributed by atoms with Gasteiger partial charge in [-0.15, -0.1) is 5.10 Å². The normalized spacial score (nSPS) is 14.4. The number of halogens is 1. The van der Waals surface area contributed by atoms with E-state index < -0.39 is 11.8 Å². The van der Waals surface area contributed by atoms with Gasteiger partial charge < -0.3 is 15.4 Å². The number of benzene rings is 2. The Balaban J connectivity index is 1.17. The van der Waals surface area contributed by atoms with Crippen LogP contribution in [-0.2, 0) is 17.8 Å². The van der Waals surface area contributed by atoms with E-state index in [9.17, 15) is 14.0 Å². The number of rotatable bonds is 10. The SMILES string of the molecule is Cc1cc(CNC(=O)c2cc(C(=O)N[C@@H](C)c3ccc(-c4nnnn4CCN4CCOCC4)cc3)ncn2)ccc1F. The van der Waals surface area contributed by atoms with Crippen molar-refractivity contribution < 1.29 is 18.7 Å². The predicted molar refractivity (Wildman–Crippen MR) is 151 cm³/mol. The highest BCUT2D eigenvalue weighted by Gasteiger charge is 2.17. The van der Waals surface area contributed by atoms with Crippen molar-refractivity contribution in [1.29, 1.82) is 0 Å². The minimum atomic E-state index is -0.468. The number of nitrogens with zero attached hydrogens (tertiary/aromatic N) is 7. The number of nitrogens with one attached hydrogen (secondary N) is 2. The maximum absolute atomic E-state index is 13.5. The molecule has 0 aliphatic carbocycles. The maximum atomic E-state index is 13.5. The largest absolute Gasteiger partial charge is 0.379 e. The lowest BCUT2D eigenvalue weighted by Gasteiger charge is -2.26. The van der Waals surface area contributed by atoms with Crippen molar-refractivity contribution in [2.75, 3.05) is 32.8 Å². The van der Waals surface area contributed by atoms with Crippen LogP contribution < -0.4 is 10.6 Å². The van der Waals surface area contributed by atoms with Gasteiger partial charge in [-0.3, -0.25) is 14.5 Å². The summed E-state index contributed by atoms with van der Waals surface area (Å²) in [5.41, 5.74) is 3.10. The van der Waals surface area contributed by atoms with Gasteiger partial charge in [0.2, 0.25) is 0 Å². The number of aryl methyl sites for hydroxylation is 1. The molecule has 0 radical (unpaired) electrons.